The van der Waals surface area contributed by atoms with Gasteiger partial charge in [0.2, 0.25) is 0 Å². The fourth-order valence-electron chi connectivity index (χ4n) is 6.38. The van der Waals surface area contributed by atoms with Crippen LogP contribution in [0.15, 0.2) is 11.6 Å². The van der Waals surface area contributed by atoms with E-state index in [1.54, 1.807) is 6.08 Å². The van der Waals surface area contributed by atoms with Crippen molar-refractivity contribution in [2.75, 3.05) is 0 Å². The molecule has 120 valence electrons. The standard InChI is InChI=1S/C19H26O3/c1-18-7-5-11(20)9-15(18)16(21)10-12-13-3-4-17(22)19(13,2)8-6-14(12)18/h9,12-14,16,21H,3-8,10H2,1-2H3/t12-,13-,14-,16-,18+,19-/m0/s1. The van der Waals surface area contributed by atoms with Gasteiger partial charge >= 0.3 is 0 Å². The molecule has 4 aliphatic rings. The van der Waals surface area contributed by atoms with E-state index in [9.17, 15) is 14.7 Å². The summed E-state index contributed by atoms with van der Waals surface area (Å²) >= 11 is 0. The summed E-state index contributed by atoms with van der Waals surface area (Å²) in [6, 6.07) is 0. The lowest BCUT2D eigenvalue weighted by Crippen LogP contribution is -2.54. The molecule has 3 fully saturated rings. The molecular weight excluding hydrogens is 276 g/mol. The highest BCUT2D eigenvalue weighted by atomic mass is 16.3. The molecule has 1 N–H and O–H groups in total. The summed E-state index contributed by atoms with van der Waals surface area (Å²) in [6.45, 7) is 4.42. The molecule has 3 nitrogen and oxygen atoms in total. The fourth-order valence-corrected chi connectivity index (χ4v) is 6.38. The van der Waals surface area contributed by atoms with Crippen molar-refractivity contribution in [1.29, 1.82) is 0 Å². The van der Waals surface area contributed by atoms with Crippen molar-refractivity contribution in [2.24, 2.45) is 28.6 Å². The second-order valence-electron chi connectivity index (χ2n) is 8.53. The van der Waals surface area contributed by atoms with Gasteiger partial charge in [-0.1, -0.05) is 13.8 Å². The van der Waals surface area contributed by atoms with Crippen molar-refractivity contribution in [3.63, 3.8) is 0 Å². The first-order valence-electron chi connectivity index (χ1n) is 8.82. The molecule has 0 unspecified atom stereocenters. The Balaban J connectivity index is 1.74. The smallest absolute Gasteiger partial charge is 0.155 e. The number of Topliss-reactive ketones (excluding diaryl/α,β-unsaturated/α-hetero) is 1. The van der Waals surface area contributed by atoms with Gasteiger partial charge in [0.1, 0.15) is 5.78 Å². The Morgan fingerprint density at radius 3 is 2.55 bits per heavy atom. The van der Waals surface area contributed by atoms with Gasteiger partial charge in [-0.25, -0.2) is 0 Å². The van der Waals surface area contributed by atoms with E-state index in [1.165, 1.54) is 0 Å². The third-order valence-corrected chi connectivity index (χ3v) is 7.69. The van der Waals surface area contributed by atoms with Gasteiger partial charge in [0.25, 0.3) is 0 Å². The number of aliphatic hydroxyl groups is 1. The molecule has 0 saturated heterocycles. The molecular formula is C19H26O3. The van der Waals surface area contributed by atoms with E-state index >= 15 is 0 Å². The highest BCUT2D eigenvalue weighted by Gasteiger charge is 2.60. The zero-order valence-corrected chi connectivity index (χ0v) is 13.6. The highest BCUT2D eigenvalue weighted by Crippen LogP contribution is 2.64. The van der Waals surface area contributed by atoms with Gasteiger partial charge in [0.05, 0.1) is 6.10 Å². The first-order valence-corrected chi connectivity index (χ1v) is 8.82. The van der Waals surface area contributed by atoms with Crippen LogP contribution in [-0.4, -0.2) is 22.8 Å². The minimum Gasteiger partial charge on any atom is -0.389 e. The van der Waals surface area contributed by atoms with Crippen LogP contribution in [0.25, 0.3) is 0 Å². The molecule has 0 aromatic rings. The number of carbonyl (C=O) groups excluding carboxylic acids is 2. The highest BCUT2D eigenvalue weighted by molar-refractivity contribution is 5.92. The number of hydrogen-bond acceptors (Lipinski definition) is 3. The Morgan fingerprint density at radius 1 is 1.05 bits per heavy atom. The summed E-state index contributed by atoms with van der Waals surface area (Å²) in [5.74, 6) is 2.01. The topological polar surface area (TPSA) is 54.4 Å². The Labute approximate surface area is 132 Å². The maximum Gasteiger partial charge on any atom is 0.155 e. The molecule has 0 aromatic carbocycles. The zero-order chi connectivity index (χ0) is 15.7. The third-order valence-electron chi connectivity index (χ3n) is 7.69. The van der Waals surface area contributed by atoms with E-state index in [0.29, 0.717) is 30.0 Å². The molecule has 6 atom stereocenters. The number of ketones is 2. The van der Waals surface area contributed by atoms with E-state index in [1.807, 2.05) is 0 Å². The lowest BCUT2D eigenvalue weighted by Gasteiger charge is -2.58. The van der Waals surface area contributed by atoms with Crippen molar-refractivity contribution in [2.45, 2.75) is 64.9 Å². The second kappa shape index (κ2) is 4.53. The van der Waals surface area contributed by atoms with E-state index in [4.69, 9.17) is 0 Å². The van der Waals surface area contributed by atoms with Crippen molar-refractivity contribution >= 4 is 11.6 Å². The Bertz CT molecular complexity index is 577. The van der Waals surface area contributed by atoms with E-state index in [2.05, 4.69) is 13.8 Å². The van der Waals surface area contributed by atoms with Crippen LogP contribution in [0.2, 0.25) is 0 Å². The SMILES string of the molecule is C[C@]12CCC(=O)C=C1[C@@H](O)C[C@@H]1[C@@H]2CC[C@]2(C)C(=O)CC[C@@H]12. The summed E-state index contributed by atoms with van der Waals surface area (Å²) in [4.78, 5) is 24.2. The number of fused-ring (bicyclic) bond motifs is 5. The van der Waals surface area contributed by atoms with Crippen LogP contribution in [0.5, 0.6) is 0 Å². The molecule has 4 aliphatic carbocycles. The number of rotatable bonds is 0. The molecule has 3 heteroatoms. The van der Waals surface area contributed by atoms with E-state index in [-0.39, 0.29) is 16.6 Å². The van der Waals surface area contributed by atoms with Crippen molar-refractivity contribution in [1.82, 2.24) is 0 Å². The molecule has 0 aromatic heterocycles. The zero-order valence-electron chi connectivity index (χ0n) is 13.6. The van der Waals surface area contributed by atoms with Crippen LogP contribution in [0.4, 0.5) is 0 Å². The van der Waals surface area contributed by atoms with Gasteiger partial charge in [-0.05, 0) is 66.9 Å². The molecule has 4 rings (SSSR count). The van der Waals surface area contributed by atoms with Crippen LogP contribution >= 0.6 is 0 Å². The molecule has 3 saturated carbocycles. The lowest BCUT2D eigenvalue weighted by atomic mass is 9.47. The van der Waals surface area contributed by atoms with Gasteiger partial charge in [0, 0.05) is 18.3 Å². The Hall–Kier alpha value is -0.960. The van der Waals surface area contributed by atoms with Gasteiger partial charge in [-0.3, -0.25) is 9.59 Å². The first-order chi connectivity index (χ1) is 10.4. The Kier molecular flexibility index (Phi) is 3.01. The van der Waals surface area contributed by atoms with E-state index < -0.39 is 6.10 Å². The predicted molar refractivity (Wildman–Crippen MR) is 83.1 cm³/mol. The maximum atomic E-state index is 12.4. The van der Waals surface area contributed by atoms with Crippen LogP contribution in [0, 0.1) is 28.6 Å². The number of hydrogen-bond donors (Lipinski definition) is 1. The quantitative estimate of drug-likeness (QED) is 0.748. The minimum absolute atomic E-state index is 0.0385. The predicted octanol–water partition coefficient (Wildman–Crippen LogP) is 3.06. The summed E-state index contributed by atoms with van der Waals surface area (Å²) in [5, 5.41) is 10.7. The Morgan fingerprint density at radius 2 is 1.77 bits per heavy atom. The van der Waals surface area contributed by atoms with E-state index in [0.717, 1.165) is 44.1 Å². The van der Waals surface area contributed by atoms with Gasteiger partial charge in [-0.15, -0.1) is 0 Å². The second-order valence-corrected chi connectivity index (χ2v) is 8.53. The van der Waals surface area contributed by atoms with Crippen molar-refractivity contribution in [3.05, 3.63) is 11.6 Å². The van der Waals surface area contributed by atoms with Gasteiger partial charge in [0.15, 0.2) is 5.78 Å². The third kappa shape index (κ3) is 1.72. The molecule has 0 radical (unpaired) electrons. The molecule has 0 bridgehead atoms. The maximum absolute atomic E-state index is 12.4. The van der Waals surface area contributed by atoms with Crippen LogP contribution in [-0.2, 0) is 9.59 Å². The molecule has 0 spiro atoms. The summed E-state index contributed by atoms with van der Waals surface area (Å²) in [7, 11) is 0. The van der Waals surface area contributed by atoms with Crippen molar-refractivity contribution < 1.29 is 14.7 Å². The average Bonchev–Trinajstić information content (AvgIpc) is 2.77. The van der Waals surface area contributed by atoms with Crippen LogP contribution in [0.3, 0.4) is 0 Å². The number of carbonyl (C=O) groups is 2. The first kappa shape index (κ1) is 14.6. The molecule has 0 amide bonds. The largest absolute Gasteiger partial charge is 0.389 e. The summed E-state index contributed by atoms with van der Waals surface area (Å²) in [6.07, 6.45) is 7.24. The number of aliphatic hydroxyl groups excluding tert-OH is 1. The van der Waals surface area contributed by atoms with Crippen molar-refractivity contribution in [3.8, 4) is 0 Å². The average molecular weight is 302 g/mol. The molecule has 0 aliphatic heterocycles. The fraction of sp³-hybridized carbons (Fsp3) is 0.789. The monoisotopic (exact) mass is 302 g/mol. The normalized spacial score (nSPS) is 51.0. The molecule has 0 heterocycles. The van der Waals surface area contributed by atoms with Gasteiger partial charge < -0.3 is 5.11 Å². The summed E-state index contributed by atoms with van der Waals surface area (Å²) < 4.78 is 0. The lowest BCUT2D eigenvalue weighted by molar-refractivity contribution is -0.134. The van der Waals surface area contributed by atoms with Crippen LogP contribution < -0.4 is 0 Å². The van der Waals surface area contributed by atoms with Gasteiger partial charge in [-0.2, -0.15) is 0 Å². The summed E-state index contributed by atoms with van der Waals surface area (Å²) in [5.41, 5.74) is 0.796. The van der Waals surface area contributed by atoms with Crippen LogP contribution in [0.1, 0.15) is 58.8 Å². The molecule has 22 heavy (non-hydrogen) atoms. The minimum atomic E-state index is -0.492.